The lowest BCUT2D eigenvalue weighted by atomic mass is 9.67. The number of rotatable bonds is 4. The molecule has 0 aromatic heterocycles. The van der Waals surface area contributed by atoms with Crippen LogP contribution < -0.4 is 11.1 Å². The van der Waals surface area contributed by atoms with Crippen LogP contribution >= 0.6 is 24.2 Å². The van der Waals surface area contributed by atoms with Crippen LogP contribution in [0.1, 0.15) is 39.0 Å². The Bertz CT molecular complexity index is 499. The maximum absolute atomic E-state index is 12.6. The van der Waals surface area contributed by atoms with Gasteiger partial charge in [0.2, 0.25) is 5.91 Å². The van der Waals surface area contributed by atoms with Gasteiger partial charge in [-0.1, -0.05) is 24.6 Å². The third-order valence-corrected chi connectivity index (χ3v) is 6.22. The van der Waals surface area contributed by atoms with Crippen molar-refractivity contribution < 1.29 is 4.79 Å². The predicted octanol–water partition coefficient (Wildman–Crippen LogP) is 3.61. The Hall–Kier alpha value is -0.710. The van der Waals surface area contributed by atoms with E-state index in [4.69, 9.17) is 5.73 Å². The second-order valence-corrected chi connectivity index (χ2v) is 8.20. The van der Waals surface area contributed by atoms with E-state index >= 15 is 0 Å². The molecule has 2 bridgehead atoms. The molecule has 0 radical (unpaired) electrons. The molecule has 0 heterocycles. The van der Waals surface area contributed by atoms with Gasteiger partial charge in [-0.15, -0.1) is 24.2 Å². The number of hydrogen-bond donors (Lipinski definition) is 2. The molecule has 1 amide bonds. The molecule has 1 aromatic carbocycles. The van der Waals surface area contributed by atoms with Crippen molar-refractivity contribution in [2.45, 2.75) is 61.3 Å². The van der Waals surface area contributed by atoms with Crippen LogP contribution in [0.25, 0.3) is 0 Å². The summed E-state index contributed by atoms with van der Waals surface area (Å²) in [5.74, 6) is 1.34. The third-order valence-electron chi connectivity index (χ3n) is 5.11. The molecule has 0 aliphatic heterocycles. The molecule has 0 saturated heterocycles. The fraction of sp³-hybridized carbons (Fsp3) is 0.611. The molecule has 2 aliphatic carbocycles. The van der Waals surface area contributed by atoms with E-state index in [1.807, 2.05) is 25.1 Å². The summed E-state index contributed by atoms with van der Waals surface area (Å²) in [5.41, 5.74) is 6.16. The average Bonchev–Trinajstić information content (AvgIpc) is 2.49. The van der Waals surface area contributed by atoms with Crippen molar-refractivity contribution >= 4 is 30.1 Å². The molecule has 3 atom stereocenters. The third kappa shape index (κ3) is 4.65. The minimum atomic E-state index is -0.0567. The molecule has 2 saturated carbocycles. The molecular formula is C18H27ClN2OS. The summed E-state index contributed by atoms with van der Waals surface area (Å²) in [6.45, 7) is 2.00. The maximum atomic E-state index is 12.6. The minimum absolute atomic E-state index is 0. The van der Waals surface area contributed by atoms with Crippen LogP contribution in [-0.2, 0) is 4.79 Å². The largest absolute Gasteiger partial charge is 0.352 e. The van der Waals surface area contributed by atoms with E-state index in [1.54, 1.807) is 11.8 Å². The number of carbonyl (C=O) groups is 1. The van der Waals surface area contributed by atoms with Crippen molar-refractivity contribution in [1.82, 2.24) is 5.32 Å². The zero-order valence-electron chi connectivity index (χ0n) is 13.6. The van der Waals surface area contributed by atoms with Gasteiger partial charge in [-0.25, -0.2) is 0 Å². The van der Waals surface area contributed by atoms with E-state index in [2.05, 4.69) is 17.4 Å². The minimum Gasteiger partial charge on any atom is -0.352 e. The average molecular weight is 355 g/mol. The van der Waals surface area contributed by atoms with Gasteiger partial charge in [0.05, 0.1) is 5.25 Å². The number of fused-ring (bicyclic) bond motifs is 2. The van der Waals surface area contributed by atoms with Crippen LogP contribution in [0.2, 0.25) is 0 Å². The highest BCUT2D eigenvalue weighted by molar-refractivity contribution is 8.00. The summed E-state index contributed by atoms with van der Waals surface area (Å²) in [4.78, 5) is 13.7. The van der Waals surface area contributed by atoms with Gasteiger partial charge in [0.15, 0.2) is 0 Å². The maximum Gasteiger partial charge on any atom is 0.233 e. The number of nitrogens with one attached hydrogen (secondary N) is 1. The summed E-state index contributed by atoms with van der Waals surface area (Å²) in [5, 5.41) is 3.29. The highest BCUT2D eigenvalue weighted by Gasteiger charge is 2.40. The van der Waals surface area contributed by atoms with Crippen molar-refractivity contribution in [1.29, 1.82) is 0 Å². The van der Waals surface area contributed by atoms with Gasteiger partial charge in [-0.3, -0.25) is 4.79 Å². The van der Waals surface area contributed by atoms with Gasteiger partial charge >= 0.3 is 0 Å². The first-order chi connectivity index (χ1) is 10.6. The number of thioether (sulfide) groups is 1. The normalized spacial score (nSPS) is 30.9. The fourth-order valence-corrected chi connectivity index (χ4v) is 4.96. The van der Waals surface area contributed by atoms with E-state index in [-0.39, 0.29) is 23.6 Å². The molecule has 23 heavy (non-hydrogen) atoms. The van der Waals surface area contributed by atoms with E-state index in [0.717, 1.165) is 17.7 Å². The van der Waals surface area contributed by atoms with Crippen LogP contribution in [0.3, 0.4) is 0 Å². The number of nitrogens with two attached hydrogens (primary N) is 1. The standard InChI is InChI=1S/C18H26N2OS.ClH/c1-12(22-16-8-3-2-4-9-16)18(21)20-17-13-6-5-7-14(17)11-15(19)10-13;/h2-4,8-9,12-15,17H,5-7,10-11,19H2,1H3,(H,20,21);1H. The molecule has 3 N–H and O–H groups in total. The molecule has 3 nitrogen and oxygen atoms in total. The molecular weight excluding hydrogens is 328 g/mol. The Morgan fingerprint density at radius 1 is 1.22 bits per heavy atom. The molecule has 3 rings (SSSR count). The van der Waals surface area contributed by atoms with E-state index in [0.29, 0.717) is 23.9 Å². The zero-order chi connectivity index (χ0) is 15.5. The summed E-state index contributed by atoms with van der Waals surface area (Å²) in [6.07, 6.45) is 5.87. The number of hydrogen-bond acceptors (Lipinski definition) is 3. The van der Waals surface area contributed by atoms with Crippen molar-refractivity contribution in [2.75, 3.05) is 0 Å². The number of halogens is 1. The van der Waals surface area contributed by atoms with Gasteiger partial charge in [-0.05, 0) is 56.6 Å². The highest BCUT2D eigenvalue weighted by atomic mass is 35.5. The van der Waals surface area contributed by atoms with Gasteiger partial charge in [0.1, 0.15) is 0 Å². The molecule has 3 unspecified atom stereocenters. The highest BCUT2D eigenvalue weighted by Crippen LogP contribution is 2.39. The summed E-state index contributed by atoms with van der Waals surface area (Å²) >= 11 is 1.63. The Kier molecular flexibility index (Phi) is 6.81. The predicted molar refractivity (Wildman–Crippen MR) is 99.0 cm³/mol. The Balaban J connectivity index is 0.00000192. The fourth-order valence-electron chi connectivity index (χ4n) is 4.06. The van der Waals surface area contributed by atoms with E-state index in [9.17, 15) is 4.79 Å². The van der Waals surface area contributed by atoms with Crippen LogP contribution in [0.15, 0.2) is 35.2 Å². The molecule has 0 spiro atoms. The topological polar surface area (TPSA) is 55.1 Å². The second-order valence-electron chi connectivity index (χ2n) is 6.79. The molecule has 2 aliphatic rings. The number of amides is 1. The monoisotopic (exact) mass is 354 g/mol. The van der Waals surface area contributed by atoms with Crippen LogP contribution in [0.5, 0.6) is 0 Å². The van der Waals surface area contributed by atoms with Crippen molar-refractivity contribution in [2.24, 2.45) is 17.6 Å². The Labute approximate surface area is 149 Å². The van der Waals surface area contributed by atoms with Crippen LogP contribution in [-0.4, -0.2) is 23.2 Å². The lowest BCUT2D eigenvalue weighted by Gasteiger charge is -2.45. The van der Waals surface area contributed by atoms with E-state index in [1.165, 1.54) is 19.3 Å². The summed E-state index contributed by atoms with van der Waals surface area (Å²) in [7, 11) is 0. The molecule has 2 fully saturated rings. The van der Waals surface area contributed by atoms with E-state index < -0.39 is 0 Å². The number of carbonyl (C=O) groups excluding carboxylic acids is 1. The smallest absolute Gasteiger partial charge is 0.233 e. The molecule has 1 aromatic rings. The van der Waals surface area contributed by atoms with Gasteiger partial charge < -0.3 is 11.1 Å². The first-order valence-corrected chi connectivity index (χ1v) is 9.29. The van der Waals surface area contributed by atoms with Crippen molar-refractivity contribution in [3.63, 3.8) is 0 Å². The molecule has 128 valence electrons. The molecule has 5 heteroatoms. The summed E-state index contributed by atoms with van der Waals surface area (Å²) < 4.78 is 0. The zero-order valence-corrected chi connectivity index (χ0v) is 15.2. The Morgan fingerprint density at radius 3 is 2.43 bits per heavy atom. The SMILES string of the molecule is CC(Sc1ccccc1)C(=O)NC1C2CCCC1CC(N)C2.Cl. The van der Waals surface area contributed by atoms with Gasteiger partial charge in [0.25, 0.3) is 0 Å². The van der Waals surface area contributed by atoms with Crippen molar-refractivity contribution in [3.05, 3.63) is 30.3 Å². The summed E-state index contributed by atoms with van der Waals surface area (Å²) in [6, 6.07) is 10.8. The second kappa shape index (κ2) is 8.41. The number of benzene rings is 1. The van der Waals surface area contributed by atoms with Gasteiger partial charge in [-0.2, -0.15) is 0 Å². The Morgan fingerprint density at radius 2 is 1.83 bits per heavy atom. The quantitative estimate of drug-likeness (QED) is 0.812. The van der Waals surface area contributed by atoms with Crippen LogP contribution in [0, 0.1) is 11.8 Å². The lowest BCUT2D eigenvalue weighted by Crippen LogP contribution is -2.54. The van der Waals surface area contributed by atoms with Gasteiger partial charge in [0, 0.05) is 17.0 Å². The van der Waals surface area contributed by atoms with Crippen LogP contribution in [0.4, 0.5) is 0 Å². The first kappa shape index (κ1) is 18.6. The van der Waals surface area contributed by atoms with Crippen molar-refractivity contribution in [3.8, 4) is 0 Å². The lowest BCUT2D eigenvalue weighted by molar-refractivity contribution is -0.122. The first-order valence-electron chi connectivity index (χ1n) is 8.41.